The summed E-state index contributed by atoms with van der Waals surface area (Å²) in [5.74, 6) is 0.955. The first-order chi connectivity index (χ1) is 14.3. The fourth-order valence-electron chi connectivity index (χ4n) is 3.71. The molecule has 154 valence electrons. The van der Waals surface area contributed by atoms with Crippen molar-refractivity contribution in [2.75, 3.05) is 33.3 Å². The van der Waals surface area contributed by atoms with Gasteiger partial charge in [-0.05, 0) is 86.3 Å². The van der Waals surface area contributed by atoms with Crippen molar-refractivity contribution in [3.05, 3.63) is 77.9 Å². The zero-order chi connectivity index (χ0) is 20.3. The van der Waals surface area contributed by atoms with E-state index >= 15 is 0 Å². The summed E-state index contributed by atoms with van der Waals surface area (Å²) in [5.41, 5.74) is 8.36. The lowest BCUT2D eigenvalue weighted by Crippen LogP contribution is -2.25. The number of unbranched alkanes of at least 4 members (excludes halogenated alkanes) is 1. The Morgan fingerprint density at radius 2 is 1.59 bits per heavy atom. The first-order valence-electron chi connectivity index (χ1n) is 10.8. The number of fused-ring (bicyclic) bond motifs is 1. The number of hydrogen-bond acceptors (Lipinski definition) is 3. The Balaban J connectivity index is 1.35. The molecule has 0 amide bonds. The molecule has 2 N–H and O–H groups in total. The van der Waals surface area contributed by atoms with Gasteiger partial charge in [-0.15, -0.1) is 0 Å². The molecule has 3 nitrogen and oxygen atoms in total. The van der Waals surface area contributed by atoms with Gasteiger partial charge >= 0.3 is 0 Å². The minimum atomic E-state index is 0.720. The summed E-state index contributed by atoms with van der Waals surface area (Å²) in [7, 11) is 2.17. The van der Waals surface area contributed by atoms with E-state index in [1.807, 2.05) is 0 Å². The van der Waals surface area contributed by atoms with Crippen LogP contribution in [0.5, 0.6) is 5.75 Å². The zero-order valence-electron chi connectivity index (χ0n) is 17.6. The lowest BCUT2D eigenvalue weighted by molar-refractivity contribution is 0.236. The number of ether oxygens (including phenoxy) is 1. The number of rotatable bonds is 12. The minimum absolute atomic E-state index is 0.720. The summed E-state index contributed by atoms with van der Waals surface area (Å²) < 4.78 is 5.92. The molecule has 3 aromatic rings. The lowest BCUT2D eigenvalue weighted by atomic mass is 10.0. The highest BCUT2D eigenvalue weighted by Gasteiger charge is 2.03. The molecule has 3 heteroatoms. The molecular formula is C26H34N2O. The van der Waals surface area contributed by atoms with E-state index < -0.39 is 0 Å². The topological polar surface area (TPSA) is 38.5 Å². The summed E-state index contributed by atoms with van der Waals surface area (Å²) in [4.78, 5) is 2.35. The normalized spacial score (nSPS) is 11.3. The number of nitrogens with two attached hydrogens (primary N) is 1. The van der Waals surface area contributed by atoms with Crippen LogP contribution in [0.15, 0.2) is 66.7 Å². The summed E-state index contributed by atoms with van der Waals surface area (Å²) in [6, 6.07) is 23.8. The van der Waals surface area contributed by atoms with Gasteiger partial charge in [0.15, 0.2) is 0 Å². The highest BCUT2D eigenvalue weighted by atomic mass is 16.5. The molecule has 29 heavy (non-hydrogen) atoms. The zero-order valence-corrected chi connectivity index (χ0v) is 17.6. The Hall–Kier alpha value is -2.36. The van der Waals surface area contributed by atoms with E-state index in [-0.39, 0.29) is 0 Å². The highest BCUT2D eigenvalue weighted by Crippen LogP contribution is 2.19. The van der Waals surface area contributed by atoms with Crippen molar-refractivity contribution in [2.45, 2.75) is 32.1 Å². The van der Waals surface area contributed by atoms with Gasteiger partial charge in [-0.3, -0.25) is 0 Å². The Kier molecular flexibility index (Phi) is 8.54. The standard InChI is InChI=1S/C26H34N2O/c1-28(19-7-12-24-11-6-10-23-9-2-3-13-26(23)24)20-21-29-25-16-14-22(15-17-25)8-4-5-18-27/h2-3,6,9-11,13-17H,4-5,7-8,12,18-21,27H2,1H3. The molecule has 0 aromatic heterocycles. The van der Waals surface area contributed by atoms with E-state index in [4.69, 9.17) is 10.5 Å². The molecule has 0 atom stereocenters. The number of likely N-dealkylation sites (N-methyl/N-ethyl adjacent to an activating group) is 1. The van der Waals surface area contributed by atoms with Crippen LogP contribution in [-0.2, 0) is 12.8 Å². The summed E-state index contributed by atoms with van der Waals surface area (Å²) in [6.45, 7) is 3.51. The van der Waals surface area contributed by atoms with Crippen molar-refractivity contribution < 1.29 is 4.74 Å². The number of hydrogen-bond donors (Lipinski definition) is 1. The molecule has 0 saturated heterocycles. The van der Waals surface area contributed by atoms with Crippen molar-refractivity contribution in [1.82, 2.24) is 4.90 Å². The highest BCUT2D eigenvalue weighted by molar-refractivity contribution is 5.85. The van der Waals surface area contributed by atoms with Gasteiger partial charge in [0.25, 0.3) is 0 Å². The maximum Gasteiger partial charge on any atom is 0.119 e. The van der Waals surface area contributed by atoms with Crippen LogP contribution in [-0.4, -0.2) is 38.2 Å². The van der Waals surface area contributed by atoms with Crippen LogP contribution >= 0.6 is 0 Å². The fraction of sp³-hybridized carbons (Fsp3) is 0.385. The van der Waals surface area contributed by atoms with E-state index in [1.165, 1.54) is 21.9 Å². The van der Waals surface area contributed by atoms with Crippen molar-refractivity contribution >= 4 is 10.8 Å². The van der Waals surface area contributed by atoms with Gasteiger partial charge in [0.1, 0.15) is 12.4 Å². The van der Waals surface area contributed by atoms with Gasteiger partial charge in [0.05, 0.1) is 0 Å². The van der Waals surface area contributed by atoms with Crippen LogP contribution in [0.3, 0.4) is 0 Å². The number of benzene rings is 3. The van der Waals surface area contributed by atoms with E-state index in [0.29, 0.717) is 0 Å². The molecule has 0 aliphatic heterocycles. The molecular weight excluding hydrogens is 356 g/mol. The number of aryl methyl sites for hydroxylation is 2. The van der Waals surface area contributed by atoms with Gasteiger partial charge < -0.3 is 15.4 Å². The van der Waals surface area contributed by atoms with Gasteiger partial charge in [0, 0.05) is 6.54 Å². The molecule has 3 aromatic carbocycles. The monoisotopic (exact) mass is 390 g/mol. The Labute approximate surface area is 175 Å². The van der Waals surface area contributed by atoms with Crippen molar-refractivity contribution in [2.24, 2.45) is 5.73 Å². The predicted molar refractivity (Wildman–Crippen MR) is 124 cm³/mol. The van der Waals surface area contributed by atoms with Crippen LogP contribution in [0.4, 0.5) is 0 Å². The Morgan fingerprint density at radius 3 is 2.41 bits per heavy atom. The van der Waals surface area contributed by atoms with Crippen molar-refractivity contribution in [3.8, 4) is 5.75 Å². The van der Waals surface area contributed by atoms with Crippen LogP contribution in [0.2, 0.25) is 0 Å². The van der Waals surface area contributed by atoms with Gasteiger partial charge in [-0.2, -0.15) is 0 Å². The SMILES string of the molecule is CN(CCCc1cccc2ccccc12)CCOc1ccc(CCCCN)cc1. The van der Waals surface area contributed by atoms with E-state index in [9.17, 15) is 0 Å². The maximum absolute atomic E-state index is 5.92. The summed E-state index contributed by atoms with van der Waals surface area (Å²) in [5, 5.41) is 2.71. The average Bonchev–Trinajstić information content (AvgIpc) is 2.75. The van der Waals surface area contributed by atoms with Gasteiger partial charge in [0.2, 0.25) is 0 Å². The molecule has 0 saturated carbocycles. The van der Waals surface area contributed by atoms with E-state index in [0.717, 1.165) is 64.1 Å². The fourth-order valence-corrected chi connectivity index (χ4v) is 3.71. The quantitative estimate of drug-likeness (QED) is 0.439. The first kappa shape index (κ1) is 21.4. The summed E-state index contributed by atoms with van der Waals surface area (Å²) in [6.07, 6.45) is 5.60. The molecule has 0 aliphatic rings. The molecule has 0 aliphatic carbocycles. The third-order valence-corrected chi connectivity index (χ3v) is 5.45. The van der Waals surface area contributed by atoms with Crippen molar-refractivity contribution in [3.63, 3.8) is 0 Å². The molecule has 0 radical (unpaired) electrons. The van der Waals surface area contributed by atoms with Crippen LogP contribution in [0.25, 0.3) is 10.8 Å². The van der Waals surface area contributed by atoms with Crippen molar-refractivity contribution in [1.29, 1.82) is 0 Å². The molecule has 0 bridgehead atoms. The first-order valence-corrected chi connectivity index (χ1v) is 10.8. The smallest absolute Gasteiger partial charge is 0.119 e. The molecule has 0 spiro atoms. The summed E-state index contributed by atoms with van der Waals surface area (Å²) >= 11 is 0. The van der Waals surface area contributed by atoms with E-state index in [2.05, 4.69) is 78.7 Å². The predicted octanol–water partition coefficient (Wildman–Crippen LogP) is 5.06. The van der Waals surface area contributed by atoms with Gasteiger partial charge in [-0.25, -0.2) is 0 Å². The van der Waals surface area contributed by atoms with Crippen LogP contribution in [0.1, 0.15) is 30.4 Å². The Bertz CT molecular complexity index is 855. The lowest BCUT2D eigenvalue weighted by Gasteiger charge is -2.17. The third-order valence-electron chi connectivity index (χ3n) is 5.45. The van der Waals surface area contributed by atoms with E-state index in [1.54, 1.807) is 0 Å². The second kappa shape index (κ2) is 11.6. The minimum Gasteiger partial charge on any atom is -0.492 e. The van der Waals surface area contributed by atoms with Crippen LogP contribution < -0.4 is 10.5 Å². The third kappa shape index (κ3) is 6.88. The van der Waals surface area contributed by atoms with Crippen LogP contribution in [0, 0.1) is 0 Å². The molecule has 0 heterocycles. The van der Waals surface area contributed by atoms with Gasteiger partial charge in [-0.1, -0.05) is 54.6 Å². The second-order valence-corrected chi connectivity index (χ2v) is 7.78. The molecule has 3 rings (SSSR count). The molecule has 0 fully saturated rings. The molecule has 0 unspecified atom stereocenters. The number of nitrogens with zero attached hydrogens (tertiary/aromatic N) is 1. The average molecular weight is 391 g/mol. The largest absolute Gasteiger partial charge is 0.492 e. The maximum atomic E-state index is 5.92. The second-order valence-electron chi connectivity index (χ2n) is 7.78. The Morgan fingerprint density at radius 1 is 0.793 bits per heavy atom.